The Morgan fingerprint density at radius 1 is 1.16 bits per heavy atom. The summed E-state index contributed by atoms with van der Waals surface area (Å²) in [7, 11) is 0. The summed E-state index contributed by atoms with van der Waals surface area (Å²) in [5.41, 5.74) is 1.80. The van der Waals surface area contributed by atoms with E-state index in [2.05, 4.69) is 5.32 Å². The fourth-order valence-electron chi connectivity index (χ4n) is 4.06. The fourth-order valence-corrected chi connectivity index (χ4v) is 4.06. The van der Waals surface area contributed by atoms with E-state index in [-0.39, 0.29) is 36.2 Å². The Morgan fingerprint density at radius 3 is 2.52 bits per heavy atom. The lowest BCUT2D eigenvalue weighted by Gasteiger charge is -2.36. The topological polar surface area (TPSA) is 72.5 Å². The van der Waals surface area contributed by atoms with Crippen LogP contribution >= 0.6 is 0 Å². The number of ketones is 1. The van der Waals surface area contributed by atoms with Gasteiger partial charge < -0.3 is 10.1 Å². The predicted octanol–water partition coefficient (Wildman–Crippen LogP) is 3.13. The number of carbonyl (C=O) groups is 3. The van der Waals surface area contributed by atoms with Gasteiger partial charge in [0.1, 0.15) is 5.78 Å². The Kier molecular flexibility index (Phi) is 5.51. The Balaban J connectivity index is 1.50. The van der Waals surface area contributed by atoms with Crippen LogP contribution < -0.4 is 5.32 Å². The van der Waals surface area contributed by atoms with Gasteiger partial charge in [0.05, 0.1) is 5.92 Å². The predicted molar refractivity (Wildman–Crippen MR) is 94.0 cm³/mol. The zero-order chi connectivity index (χ0) is 17.8. The van der Waals surface area contributed by atoms with Crippen molar-refractivity contribution in [1.82, 2.24) is 0 Å². The average Bonchev–Trinajstić information content (AvgIpc) is 2.60. The van der Waals surface area contributed by atoms with Crippen molar-refractivity contribution in [3.05, 3.63) is 29.8 Å². The lowest BCUT2D eigenvalue weighted by molar-refractivity contribution is -0.155. The summed E-state index contributed by atoms with van der Waals surface area (Å²) in [5, 5.41) is 2.80. The Labute approximate surface area is 148 Å². The first-order chi connectivity index (χ1) is 12.1. The average molecular weight is 343 g/mol. The molecular formula is C20H25NO4. The molecule has 2 atom stereocenters. The largest absolute Gasteiger partial charge is 0.455 e. The van der Waals surface area contributed by atoms with Crippen molar-refractivity contribution < 1.29 is 19.1 Å². The summed E-state index contributed by atoms with van der Waals surface area (Å²) in [6, 6.07) is 7.58. The lowest BCUT2D eigenvalue weighted by atomic mass is 9.67. The smallest absolute Gasteiger partial charge is 0.309 e. The molecule has 2 aliphatic carbocycles. The Hall–Kier alpha value is -2.17. The van der Waals surface area contributed by atoms with Crippen LogP contribution in [-0.2, 0) is 25.5 Å². The minimum absolute atomic E-state index is 0.00954. The van der Waals surface area contributed by atoms with Gasteiger partial charge in [-0.2, -0.15) is 0 Å². The second-order valence-corrected chi connectivity index (χ2v) is 7.06. The summed E-state index contributed by atoms with van der Waals surface area (Å²) < 4.78 is 5.23. The van der Waals surface area contributed by atoms with Gasteiger partial charge in [-0.25, -0.2) is 0 Å². The highest BCUT2D eigenvalue weighted by Crippen LogP contribution is 2.40. The van der Waals surface area contributed by atoms with Crippen LogP contribution in [0.3, 0.4) is 0 Å². The van der Waals surface area contributed by atoms with Crippen LogP contribution in [0.1, 0.15) is 44.6 Å². The van der Waals surface area contributed by atoms with E-state index in [0.29, 0.717) is 18.6 Å². The fraction of sp³-hybridized carbons (Fsp3) is 0.550. The van der Waals surface area contributed by atoms with Gasteiger partial charge in [-0.05, 0) is 43.7 Å². The molecule has 1 amide bonds. The van der Waals surface area contributed by atoms with Crippen LogP contribution in [0.25, 0.3) is 0 Å². The van der Waals surface area contributed by atoms with Crippen molar-refractivity contribution in [2.24, 2.45) is 17.8 Å². The third-order valence-electron chi connectivity index (χ3n) is 5.40. The van der Waals surface area contributed by atoms with Gasteiger partial charge in [-0.3, -0.25) is 14.4 Å². The second-order valence-electron chi connectivity index (χ2n) is 7.06. The number of anilines is 1. The maximum Gasteiger partial charge on any atom is 0.309 e. The number of fused-ring (bicyclic) bond motifs is 2. The van der Waals surface area contributed by atoms with E-state index < -0.39 is 0 Å². The molecule has 1 aromatic carbocycles. The van der Waals surface area contributed by atoms with Crippen LogP contribution in [0.5, 0.6) is 0 Å². The zero-order valence-electron chi connectivity index (χ0n) is 14.6. The number of benzene rings is 1. The molecule has 134 valence electrons. The van der Waals surface area contributed by atoms with Crippen molar-refractivity contribution in [1.29, 1.82) is 0 Å². The SMILES string of the molecule is CCc1ccccc1NC(=O)COC(=O)C1C[C@H]2CCC[C@H](C1)C2=O. The number of para-hydroxylation sites is 1. The molecule has 0 spiro atoms. The highest BCUT2D eigenvalue weighted by molar-refractivity contribution is 5.94. The number of nitrogens with one attached hydrogen (secondary N) is 1. The quantitative estimate of drug-likeness (QED) is 0.834. The maximum absolute atomic E-state index is 12.3. The monoisotopic (exact) mass is 343 g/mol. The van der Waals surface area contributed by atoms with Gasteiger partial charge in [0, 0.05) is 17.5 Å². The van der Waals surface area contributed by atoms with E-state index in [0.717, 1.165) is 36.9 Å². The molecule has 0 radical (unpaired) electrons. The molecule has 2 fully saturated rings. The van der Waals surface area contributed by atoms with E-state index >= 15 is 0 Å². The number of hydrogen-bond donors (Lipinski definition) is 1. The first-order valence-corrected chi connectivity index (χ1v) is 9.16. The van der Waals surface area contributed by atoms with E-state index in [1.807, 2.05) is 31.2 Å². The number of carbonyl (C=O) groups excluding carboxylic acids is 3. The van der Waals surface area contributed by atoms with Crippen molar-refractivity contribution in [2.45, 2.75) is 45.4 Å². The Bertz CT molecular complexity index is 653. The molecule has 0 heterocycles. The van der Waals surface area contributed by atoms with Crippen molar-refractivity contribution in [3.8, 4) is 0 Å². The zero-order valence-corrected chi connectivity index (χ0v) is 14.6. The molecule has 2 bridgehead atoms. The van der Waals surface area contributed by atoms with Crippen molar-refractivity contribution in [2.75, 3.05) is 11.9 Å². The third-order valence-corrected chi connectivity index (χ3v) is 5.40. The molecule has 25 heavy (non-hydrogen) atoms. The summed E-state index contributed by atoms with van der Waals surface area (Å²) in [5.74, 6) is -0.580. The van der Waals surface area contributed by atoms with Crippen LogP contribution in [-0.4, -0.2) is 24.3 Å². The Morgan fingerprint density at radius 2 is 1.84 bits per heavy atom. The highest BCUT2D eigenvalue weighted by Gasteiger charge is 2.41. The third kappa shape index (κ3) is 4.09. The second kappa shape index (κ2) is 7.81. The number of rotatable bonds is 5. The number of hydrogen-bond acceptors (Lipinski definition) is 4. The van der Waals surface area contributed by atoms with Crippen LogP contribution in [0.4, 0.5) is 5.69 Å². The van der Waals surface area contributed by atoms with E-state index in [1.165, 1.54) is 0 Å². The number of aryl methyl sites for hydroxylation is 1. The molecule has 0 aliphatic heterocycles. The van der Waals surface area contributed by atoms with Gasteiger partial charge in [0.25, 0.3) is 5.91 Å². The van der Waals surface area contributed by atoms with Gasteiger partial charge in [0.15, 0.2) is 6.61 Å². The number of Topliss-reactive ketones (excluding diaryl/α,β-unsaturated/α-hetero) is 1. The number of esters is 1. The van der Waals surface area contributed by atoms with Gasteiger partial charge >= 0.3 is 5.97 Å². The molecule has 0 unspecified atom stereocenters. The first kappa shape index (κ1) is 17.6. The number of ether oxygens (including phenoxy) is 1. The molecule has 5 heteroatoms. The van der Waals surface area contributed by atoms with Crippen LogP contribution in [0.15, 0.2) is 24.3 Å². The normalized spacial score (nSPS) is 25.3. The minimum atomic E-state index is -0.344. The summed E-state index contributed by atoms with van der Waals surface area (Å²) in [6.07, 6.45) is 4.81. The van der Waals surface area contributed by atoms with Crippen LogP contribution in [0.2, 0.25) is 0 Å². The standard InChI is InChI=1S/C20H25NO4/c1-2-13-6-3-4-9-17(13)21-18(22)12-25-20(24)16-10-14-7-5-8-15(11-16)19(14)23/h3-4,6,9,14-16H,2,5,7-8,10-12H2,1H3,(H,21,22)/t14-,15-/m1/s1. The van der Waals surface area contributed by atoms with Crippen molar-refractivity contribution in [3.63, 3.8) is 0 Å². The molecule has 0 saturated heterocycles. The molecule has 3 rings (SSSR count). The molecular weight excluding hydrogens is 318 g/mol. The summed E-state index contributed by atoms with van der Waals surface area (Å²) in [4.78, 5) is 36.5. The van der Waals surface area contributed by atoms with Gasteiger partial charge in [-0.15, -0.1) is 0 Å². The first-order valence-electron chi connectivity index (χ1n) is 9.16. The van der Waals surface area contributed by atoms with E-state index in [1.54, 1.807) is 0 Å². The van der Waals surface area contributed by atoms with Gasteiger partial charge in [-0.1, -0.05) is 31.5 Å². The molecule has 1 N–H and O–H groups in total. The minimum Gasteiger partial charge on any atom is -0.455 e. The van der Waals surface area contributed by atoms with Gasteiger partial charge in [0.2, 0.25) is 0 Å². The van der Waals surface area contributed by atoms with Crippen molar-refractivity contribution >= 4 is 23.3 Å². The lowest BCUT2D eigenvalue weighted by Crippen LogP contribution is -2.40. The molecule has 0 aromatic heterocycles. The number of amides is 1. The van der Waals surface area contributed by atoms with Crippen LogP contribution in [0, 0.1) is 17.8 Å². The summed E-state index contributed by atoms with van der Waals surface area (Å²) in [6.45, 7) is 1.74. The molecule has 2 aliphatic rings. The summed E-state index contributed by atoms with van der Waals surface area (Å²) >= 11 is 0. The molecule has 2 saturated carbocycles. The molecule has 1 aromatic rings. The molecule has 5 nitrogen and oxygen atoms in total. The van der Waals surface area contributed by atoms with E-state index in [4.69, 9.17) is 4.74 Å². The highest BCUT2D eigenvalue weighted by atomic mass is 16.5. The maximum atomic E-state index is 12.3. The van der Waals surface area contributed by atoms with E-state index in [9.17, 15) is 14.4 Å².